The van der Waals surface area contributed by atoms with E-state index in [9.17, 15) is 9.18 Å². The highest BCUT2D eigenvalue weighted by atomic mass is 79.9. The molecule has 116 valence electrons. The van der Waals surface area contributed by atoms with Crippen LogP contribution in [0.4, 0.5) is 10.1 Å². The zero-order chi connectivity index (χ0) is 17.0. The van der Waals surface area contributed by atoms with Gasteiger partial charge in [-0.3, -0.25) is 4.79 Å². The Balaban J connectivity index is 2.28. The molecule has 0 aliphatic heterocycles. The predicted octanol–water partition coefficient (Wildman–Crippen LogP) is 5.44. The highest BCUT2D eigenvalue weighted by Gasteiger charge is 2.13. The monoisotopic (exact) mass is 412 g/mol. The number of carbonyl (C=O) groups is 1. The molecule has 0 fully saturated rings. The predicted molar refractivity (Wildman–Crippen MR) is 92.8 cm³/mol. The number of nitrogens with zero attached hydrogens (tertiary/aromatic N) is 1. The molecule has 0 radical (unpaired) electrons. The van der Waals surface area contributed by atoms with Gasteiger partial charge in [0.1, 0.15) is 17.5 Å². The molecule has 0 saturated heterocycles. The van der Waals surface area contributed by atoms with E-state index in [2.05, 4.69) is 21.2 Å². The lowest BCUT2D eigenvalue weighted by Gasteiger charge is -2.07. The van der Waals surface area contributed by atoms with Crippen LogP contribution in [0.15, 0.2) is 46.4 Å². The van der Waals surface area contributed by atoms with E-state index in [1.807, 2.05) is 0 Å². The molecule has 23 heavy (non-hydrogen) atoms. The first-order valence-corrected chi connectivity index (χ1v) is 7.79. The molecule has 2 aromatic carbocycles. The molecule has 0 aliphatic rings. The van der Waals surface area contributed by atoms with Crippen LogP contribution in [0.3, 0.4) is 0 Å². The molecular weight excluding hydrogens is 406 g/mol. The number of rotatable bonds is 3. The summed E-state index contributed by atoms with van der Waals surface area (Å²) in [5, 5.41) is 12.3. The highest BCUT2D eigenvalue weighted by molar-refractivity contribution is 9.10. The van der Waals surface area contributed by atoms with Gasteiger partial charge in [0.25, 0.3) is 5.91 Å². The minimum atomic E-state index is -0.695. The Morgan fingerprint density at radius 2 is 2.00 bits per heavy atom. The third-order valence-electron chi connectivity index (χ3n) is 2.81. The van der Waals surface area contributed by atoms with Crippen LogP contribution in [0.2, 0.25) is 10.0 Å². The van der Waals surface area contributed by atoms with Gasteiger partial charge in [0, 0.05) is 15.1 Å². The first kappa shape index (κ1) is 17.5. The maximum Gasteiger partial charge on any atom is 0.266 e. The number of carbonyl (C=O) groups excluding carboxylic acids is 1. The van der Waals surface area contributed by atoms with Crippen LogP contribution in [-0.2, 0) is 4.79 Å². The van der Waals surface area contributed by atoms with E-state index in [1.54, 1.807) is 18.2 Å². The van der Waals surface area contributed by atoms with Crippen molar-refractivity contribution in [3.05, 3.63) is 67.9 Å². The molecule has 3 nitrogen and oxygen atoms in total. The molecule has 0 unspecified atom stereocenters. The average molecular weight is 414 g/mol. The SMILES string of the molecule is N#C/C(=C\c1ccc(Br)cc1F)C(=O)Nc1ccc(Cl)cc1Cl. The number of hydrogen-bond acceptors (Lipinski definition) is 2. The van der Waals surface area contributed by atoms with Crippen molar-refractivity contribution in [3.63, 3.8) is 0 Å². The van der Waals surface area contributed by atoms with Crippen molar-refractivity contribution >= 4 is 56.8 Å². The molecule has 1 amide bonds. The van der Waals surface area contributed by atoms with Gasteiger partial charge in [-0.1, -0.05) is 45.2 Å². The maximum absolute atomic E-state index is 13.8. The molecule has 0 heterocycles. The third-order valence-corrected chi connectivity index (χ3v) is 3.85. The normalized spacial score (nSPS) is 11.0. The summed E-state index contributed by atoms with van der Waals surface area (Å²) in [4.78, 5) is 12.1. The molecule has 0 saturated carbocycles. The number of benzene rings is 2. The summed E-state index contributed by atoms with van der Waals surface area (Å²) in [5.74, 6) is -1.25. The first-order valence-electron chi connectivity index (χ1n) is 6.24. The van der Waals surface area contributed by atoms with Crippen molar-refractivity contribution in [3.8, 4) is 6.07 Å². The molecular formula is C16H8BrCl2FN2O. The van der Waals surface area contributed by atoms with Gasteiger partial charge in [0.2, 0.25) is 0 Å². The van der Waals surface area contributed by atoms with Crippen LogP contribution >= 0.6 is 39.1 Å². The number of nitrogens with one attached hydrogen (secondary N) is 1. The molecule has 7 heteroatoms. The van der Waals surface area contributed by atoms with E-state index in [4.69, 9.17) is 28.5 Å². The van der Waals surface area contributed by atoms with Gasteiger partial charge in [-0.2, -0.15) is 5.26 Å². The Hall–Kier alpha value is -1.87. The minimum absolute atomic E-state index is 0.127. The lowest BCUT2D eigenvalue weighted by atomic mass is 10.1. The lowest BCUT2D eigenvalue weighted by Crippen LogP contribution is -2.13. The van der Waals surface area contributed by atoms with Crippen molar-refractivity contribution in [1.82, 2.24) is 0 Å². The smallest absolute Gasteiger partial charge is 0.266 e. The minimum Gasteiger partial charge on any atom is -0.320 e. The lowest BCUT2D eigenvalue weighted by molar-refractivity contribution is -0.112. The largest absolute Gasteiger partial charge is 0.320 e. The van der Waals surface area contributed by atoms with Crippen LogP contribution in [0.25, 0.3) is 6.08 Å². The van der Waals surface area contributed by atoms with Gasteiger partial charge in [0.05, 0.1) is 10.7 Å². The summed E-state index contributed by atoms with van der Waals surface area (Å²) in [6, 6.07) is 10.6. The summed E-state index contributed by atoms with van der Waals surface area (Å²) >= 11 is 14.9. The van der Waals surface area contributed by atoms with Crippen LogP contribution in [0, 0.1) is 17.1 Å². The molecule has 0 aliphatic carbocycles. The number of halogens is 4. The van der Waals surface area contributed by atoms with Gasteiger partial charge in [-0.15, -0.1) is 0 Å². The summed E-state index contributed by atoms with van der Waals surface area (Å²) in [7, 11) is 0. The van der Waals surface area contributed by atoms with Crippen LogP contribution in [0.5, 0.6) is 0 Å². The van der Waals surface area contributed by atoms with Gasteiger partial charge in [-0.05, 0) is 36.4 Å². The Morgan fingerprint density at radius 3 is 2.61 bits per heavy atom. The van der Waals surface area contributed by atoms with E-state index in [0.717, 1.165) is 0 Å². The van der Waals surface area contributed by atoms with Gasteiger partial charge in [-0.25, -0.2) is 4.39 Å². The second kappa shape index (κ2) is 7.60. The van der Waals surface area contributed by atoms with Crippen molar-refractivity contribution in [2.24, 2.45) is 0 Å². The fraction of sp³-hybridized carbons (Fsp3) is 0. The van der Waals surface area contributed by atoms with Crippen LogP contribution in [0.1, 0.15) is 5.56 Å². The third kappa shape index (κ3) is 4.55. The Kier molecular flexibility index (Phi) is 5.78. The summed E-state index contributed by atoms with van der Waals surface area (Å²) in [6.45, 7) is 0. The molecule has 2 rings (SSSR count). The van der Waals surface area contributed by atoms with Crippen molar-refractivity contribution in [1.29, 1.82) is 5.26 Å². The molecule has 0 aromatic heterocycles. The zero-order valence-electron chi connectivity index (χ0n) is 11.4. The number of nitriles is 1. The van der Waals surface area contributed by atoms with Crippen molar-refractivity contribution < 1.29 is 9.18 Å². The number of anilines is 1. The molecule has 2 aromatic rings. The second-order valence-corrected chi connectivity index (χ2v) is 6.17. The summed E-state index contributed by atoms with van der Waals surface area (Å²) in [5.41, 5.74) is 0.179. The molecule has 0 bridgehead atoms. The Morgan fingerprint density at radius 1 is 1.26 bits per heavy atom. The standard InChI is InChI=1S/C16H8BrCl2FN2O/c17-11-2-1-9(14(20)6-11)5-10(8-21)16(23)22-15-4-3-12(18)7-13(15)19/h1-7H,(H,22,23)/b10-5+. The zero-order valence-corrected chi connectivity index (χ0v) is 14.5. The van der Waals surface area contributed by atoms with E-state index in [1.165, 1.54) is 30.3 Å². The maximum atomic E-state index is 13.8. The van der Waals surface area contributed by atoms with Crippen molar-refractivity contribution in [2.45, 2.75) is 0 Å². The quantitative estimate of drug-likeness (QED) is 0.537. The van der Waals surface area contributed by atoms with E-state index in [-0.39, 0.29) is 16.2 Å². The van der Waals surface area contributed by atoms with Crippen LogP contribution < -0.4 is 5.32 Å². The number of amides is 1. The highest BCUT2D eigenvalue weighted by Crippen LogP contribution is 2.26. The Labute approximate surface area is 150 Å². The van der Waals surface area contributed by atoms with E-state index >= 15 is 0 Å². The molecule has 1 N–H and O–H groups in total. The number of hydrogen-bond donors (Lipinski definition) is 1. The second-order valence-electron chi connectivity index (χ2n) is 4.41. The van der Waals surface area contributed by atoms with Gasteiger partial charge >= 0.3 is 0 Å². The van der Waals surface area contributed by atoms with Crippen molar-refractivity contribution in [2.75, 3.05) is 5.32 Å². The van der Waals surface area contributed by atoms with Crippen LogP contribution in [-0.4, -0.2) is 5.91 Å². The van der Waals surface area contributed by atoms with Gasteiger partial charge < -0.3 is 5.32 Å². The first-order chi connectivity index (χ1) is 10.9. The van der Waals surface area contributed by atoms with E-state index < -0.39 is 11.7 Å². The van der Waals surface area contributed by atoms with E-state index in [0.29, 0.717) is 15.2 Å². The summed E-state index contributed by atoms with van der Waals surface area (Å²) in [6.07, 6.45) is 1.17. The fourth-order valence-electron chi connectivity index (χ4n) is 1.70. The van der Waals surface area contributed by atoms with Gasteiger partial charge in [0.15, 0.2) is 0 Å². The topological polar surface area (TPSA) is 52.9 Å². The molecule has 0 spiro atoms. The molecule has 0 atom stereocenters. The Bertz CT molecular complexity index is 846. The average Bonchev–Trinajstić information content (AvgIpc) is 2.49. The summed E-state index contributed by atoms with van der Waals surface area (Å²) < 4.78 is 14.4. The fourth-order valence-corrected chi connectivity index (χ4v) is 2.49.